The van der Waals surface area contributed by atoms with Crippen molar-refractivity contribution >= 4 is 17.3 Å². The summed E-state index contributed by atoms with van der Waals surface area (Å²) in [5.74, 6) is 1.13. The van der Waals surface area contributed by atoms with E-state index in [4.69, 9.17) is 21.1 Å². The van der Waals surface area contributed by atoms with Gasteiger partial charge in [0.1, 0.15) is 23.9 Å². The molecular weight excluding hydrogens is 281 g/mol. The first-order valence-corrected chi connectivity index (χ1v) is 6.52. The van der Waals surface area contributed by atoms with E-state index in [1.54, 1.807) is 19.2 Å². The number of hydrogen-bond donors (Lipinski definition) is 1. The van der Waals surface area contributed by atoms with Gasteiger partial charge in [-0.1, -0.05) is 11.6 Å². The topological polar surface area (TPSA) is 30.5 Å². The Bertz CT molecular complexity index is 560. The van der Waals surface area contributed by atoms with Crippen molar-refractivity contribution in [1.82, 2.24) is 0 Å². The van der Waals surface area contributed by atoms with Crippen molar-refractivity contribution in [2.45, 2.75) is 0 Å². The van der Waals surface area contributed by atoms with Gasteiger partial charge in [0.25, 0.3) is 0 Å². The fraction of sp³-hybridized carbons (Fsp3) is 0.200. The number of hydrogen-bond acceptors (Lipinski definition) is 3. The van der Waals surface area contributed by atoms with E-state index in [9.17, 15) is 4.39 Å². The van der Waals surface area contributed by atoms with E-state index in [0.29, 0.717) is 13.2 Å². The van der Waals surface area contributed by atoms with Crippen molar-refractivity contribution in [3.8, 4) is 11.5 Å². The van der Waals surface area contributed by atoms with Gasteiger partial charge in [-0.2, -0.15) is 0 Å². The van der Waals surface area contributed by atoms with Gasteiger partial charge in [0.05, 0.1) is 12.1 Å². The van der Waals surface area contributed by atoms with Crippen molar-refractivity contribution in [1.29, 1.82) is 0 Å². The van der Waals surface area contributed by atoms with Crippen LogP contribution in [0.1, 0.15) is 0 Å². The van der Waals surface area contributed by atoms with E-state index in [-0.39, 0.29) is 5.02 Å². The molecule has 0 fully saturated rings. The molecule has 2 rings (SSSR count). The van der Waals surface area contributed by atoms with Crippen LogP contribution in [0.2, 0.25) is 5.02 Å². The van der Waals surface area contributed by atoms with Gasteiger partial charge in [-0.3, -0.25) is 0 Å². The Hall–Kier alpha value is -1.94. The molecule has 0 aliphatic rings. The summed E-state index contributed by atoms with van der Waals surface area (Å²) < 4.78 is 23.6. The summed E-state index contributed by atoms with van der Waals surface area (Å²) in [6.07, 6.45) is 0. The maximum Gasteiger partial charge on any atom is 0.141 e. The molecule has 3 nitrogen and oxygen atoms in total. The zero-order chi connectivity index (χ0) is 14.4. The highest BCUT2D eigenvalue weighted by atomic mass is 35.5. The van der Waals surface area contributed by atoms with Gasteiger partial charge in [-0.15, -0.1) is 0 Å². The molecule has 0 bridgehead atoms. The number of methoxy groups -OCH3 is 1. The molecule has 0 aliphatic carbocycles. The maximum atomic E-state index is 13.0. The largest absolute Gasteiger partial charge is 0.497 e. The molecule has 5 heteroatoms. The lowest BCUT2D eigenvalue weighted by molar-refractivity contribution is 0.332. The molecule has 0 saturated heterocycles. The molecule has 20 heavy (non-hydrogen) atoms. The van der Waals surface area contributed by atoms with Gasteiger partial charge in [0, 0.05) is 12.2 Å². The molecule has 2 aromatic rings. The number of ether oxygens (including phenoxy) is 2. The molecule has 0 heterocycles. The van der Waals surface area contributed by atoms with Crippen molar-refractivity contribution in [3.05, 3.63) is 53.3 Å². The van der Waals surface area contributed by atoms with E-state index in [0.717, 1.165) is 17.2 Å². The van der Waals surface area contributed by atoms with Crippen LogP contribution in [0.3, 0.4) is 0 Å². The summed E-state index contributed by atoms with van der Waals surface area (Å²) in [4.78, 5) is 0. The Labute approximate surface area is 122 Å². The summed E-state index contributed by atoms with van der Waals surface area (Å²) in [7, 11) is 1.62. The van der Waals surface area contributed by atoms with Crippen LogP contribution in [0, 0.1) is 5.82 Å². The molecule has 0 saturated carbocycles. The van der Waals surface area contributed by atoms with E-state index in [2.05, 4.69) is 5.32 Å². The average molecular weight is 296 g/mol. The van der Waals surface area contributed by atoms with Gasteiger partial charge >= 0.3 is 0 Å². The lowest BCUT2D eigenvalue weighted by Gasteiger charge is -2.09. The highest BCUT2D eigenvalue weighted by molar-refractivity contribution is 6.31. The Morgan fingerprint density at radius 2 is 1.80 bits per heavy atom. The second kappa shape index (κ2) is 7.01. The molecule has 0 atom stereocenters. The zero-order valence-electron chi connectivity index (χ0n) is 11.0. The van der Waals surface area contributed by atoms with E-state index in [1.807, 2.05) is 24.3 Å². The number of nitrogens with one attached hydrogen (secondary N) is 1. The third kappa shape index (κ3) is 4.03. The summed E-state index contributed by atoms with van der Waals surface area (Å²) in [5.41, 5.74) is 0.759. The minimum atomic E-state index is -0.424. The van der Waals surface area contributed by atoms with Crippen LogP contribution in [-0.4, -0.2) is 20.3 Å². The minimum Gasteiger partial charge on any atom is -0.497 e. The third-order valence-electron chi connectivity index (χ3n) is 2.68. The molecule has 0 aliphatic heterocycles. The van der Waals surface area contributed by atoms with Crippen LogP contribution in [-0.2, 0) is 0 Å². The standard InChI is InChI=1S/C15H15ClFNO2/c1-19-12-3-5-13(6-4-12)20-9-8-18-11-2-7-15(17)14(16)10-11/h2-7,10,18H,8-9H2,1H3. The molecule has 0 unspecified atom stereocenters. The molecule has 0 amide bonds. The first-order chi connectivity index (χ1) is 9.69. The Morgan fingerprint density at radius 1 is 1.10 bits per heavy atom. The second-order valence-electron chi connectivity index (χ2n) is 4.08. The minimum absolute atomic E-state index is 0.103. The summed E-state index contributed by atoms with van der Waals surface area (Å²) in [5, 5.41) is 3.21. The fourth-order valence-corrected chi connectivity index (χ4v) is 1.82. The van der Waals surface area contributed by atoms with Gasteiger partial charge in [-0.25, -0.2) is 4.39 Å². The van der Waals surface area contributed by atoms with E-state index >= 15 is 0 Å². The Balaban J connectivity index is 1.76. The van der Waals surface area contributed by atoms with Crippen LogP contribution in [0.25, 0.3) is 0 Å². The molecule has 1 N–H and O–H groups in total. The van der Waals surface area contributed by atoms with Crippen LogP contribution in [0.15, 0.2) is 42.5 Å². The van der Waals surface area contributed by atoms with Gasteiger partial charge < -0.3 is 14.8 Å². The van der Waals surface area contributed by atoms with Crippen molar-refractivity contribution < 1.29 is 13.9 Å². The van der Waals surface area contributed by atoms with E-state index in [1.165, 1.54) is 6.07 Å². The lowest BCUT2D eigenvalue weighted by Crippen LogP contribution is -2.11. The zero-order valence-corrected chi connectivity index (χ0v) is 11.8. The smallest absolute Gasteiger partial charge is 0.141 e. The summed E-state index contributed by atoms with van der Waals surface area (Å²) in [6.45, 7) is 1.08. The van der Waals surface area contributed by atoms with Crippen LogP contribution in [0.5, 0.6) is 11.5 Å². The van der Waals surface area contributed by atoms with Gasteiger partial charge in [-0.05, 0) is 42.5 Å². The number of benzene rings is 2. The molecule has 106 valence electrons. The number of rotatable bonds is 6. The molecule has 0 aromatic heterocycles. The quantitative estimate of drug-likeness (QED) is 0.818. The highest BCUT2D eigenvalue weighted by Crippen LogP contribution is 2.19. The monoisotopic (exact) mass is 295 g/mol. The maximum absolute atomic E-state index is 13.0. The normalized spacial score (nSPS) is 10.2. The predicted molar refractivity (Wildman–Crippen MR) is 78.4 cm³/mol. The van der Waals surface area contributed by atoms with Gasteiger partial charge in [0.15, 0.2) is 0 Å². The van der Waals surface area contributed by atoms with Crippen molar-refractivity contribution in [2.75, 3.05) is 25.6 Å². The van der Waals surface area contributed by atoms with Crippen molar-refractivity contribution in [3.63, 3.8) is 0 Å². The molecular formula is C15H15ClFNO2. The Morgan fingerprint density at radius 3 is 2.45 bits per heavy atom. The number of halogens is 2. The summed E-state index contributed by atoms with van der Waals surface area (Å²) in [6, 6.07) is 11.9. The van der Waals surface area contributed by atoms with Crippen LogP contribution in [0.4, 0.5) is 10.1 Å². The van der Waals surface area contributed by atoms with Gasteiger partial charge in [0.2, 0.25) is 0 Å². The number of anilines is 1. The van der Waals surface area contributed by atoms with Crippen LogP contribution >= 0.6 is 11.6 Å². The lowest BCUT2D eigenvalue weighted by atomic mass is 10.3. The average Bonchev–Trinajstić information content (AvgIpc) is 2.48. The predicted octanol–water partition coefficient (Wildman–Crippen LogP) is 3.98. The summed E-state index contributed by atoms with van der Waals surface area (Å²) >= 11 is 5.69. The SMILES string of the molecule is COc1ccc(OCCNc2ccc(F)c(Cl)c2)cc1. The Kier molecular flexibility index (Phi) is 5.07. The third-order valence-corrected chi connectivity index (χ3v) is 2.97. The first kappa shape index (κ1) is 14.5. The highest BCUT2D eigenvalue weighted by Gasteiger charge is 2.00. The van der Waals surface area contributed by atoms with Crippen LogP contribution < -0.4 is 14.8 Å². The molecule has 0 spiro atoms. The first-order valence-electron chi connectivity index (χ1n) is 6.15. The second-order valence-corrected chi connectivity index (χ2v) is 4.49. The molecule has 2 aromatic carbocycles. The fourth-order valence-electron chi connectivity index (χ4n) is 1.64. The van der Waals surface area contributed by atoms with E-state index < -0.39 is 5.82 Å². The molecule has 0 radical (unpaired) electrons. The van der Waals surface area contributed by atoms with Crippen molar-refractivity contribution in [2.24, 2.45) is 0 Å².